The predicted octanol–water partition coefficient (Wildman–Crippen LogP) is 13.0. The highest BCUT2D eigenvalue weighted by Gasteiger charge is 2.28. The number of carboxylic acid groups (broad SMARTS) is 1. The highest BCUT2D eigenvalue weighted by Crippen LogP contribution is 2.43. The van der Waals surface area contributed by atoms with Crippen LogP contribution in [0.2, 0.25) is 0 Å². The Bertz CT molecular complexity index is 1200. The van der Waals surface area contributed by atoms with Gasteiger partial charge >= 0.3 is 25.7 Å². The van der Waals surface area contributed by atoms with Crippen molar-refractivity contribution < 1.29 is 47.5 Å². The van der Waals surface area contributed by atoms with Gasteiger partial charge in [0.1, 0.15) is 12.6 Å². The first-order valence-electron chi connectivity index (χ1n) is 23.7. The summed E-state index contributed by atoms with van der Waals surface area (Å²) in [6.45, 7) is 2.69. The zero-order chi connectivity index (χ0) is 44.2. The number of hydrogen-bond acceptors (Lipinski definition) is 9. The molecule has 12 heteroatoms. The predicted molar refractivity (Wildman–Crippen MR) is 245 cm³/mol. The molecule has 0 aliphatic rings. The Morgan fingerprint density at radius 2 is 0.933 bits per heavy atom. The van der Waals surface area contributed by atoms with E-state index in [1.54, 1.807) is 0 Å². The number of esters is 2. The van der Waals surface area contributed by atoms with Crippen molar-refractivity contribution in [3.8, 4) is 0 Å². The number of allylic oxidation sites excluding steroid dienone is 8. The van der Waals surface area contributed by atoms with Gasteiger partial charge < -0.3 is 25.2 Å². The van der Waals surface area contributed by atoms with Gasteiger partial charge in [0.15, 0.2) is 6.10 Å². The zero-order valence-corrected chi connectivity index (χ0v) is 38.7. The maximum absolute atomic E-state index is 12.6. The van der Waals surface area contributed by atoms with E-state index in [0.717, 1.165) is 70.6 Å². The lowest BCUT2D eigenvalue weighted by Gasteiger charge is -2.20. The zero-order valence-electron chi connectivity index (χ0n) is 37.8. The summed E-state index contributed by atoms with van der Waals surface area (Å²) < 4.78 is 32.8. The van der Waals surface area contributed by atoms with Crippen molar-refractivity contribution in [2.75, 3.05) is 19.8 Å². The van der Waals surface area contributed by atoms with Crippen LogP contribution in [0.5, 0.6) is 0 Å². The number of ether oxygens (including phenoxy) is 2. The van der Waals surface area contributed by atoms with E-state index in [4.69, 9.17) is 24.8 Å². The van der Waals surface area contributed by atoms with Gasteiger partial charge in [0.05, 0.1) is 13.2 Å². The second-order valence-corrected chi connectivity index (χ2v) is 17.3. The van der Waals surface area contributed by atoms with E-state index in [-0.39, 0.29) is 19.4 Å². The average molecular weight is 868 g/mol. The fourth-order valence-corrected chi connectivity index (χ4v) is 7.19. The summed E-state index contributed by atoms with van der Waals surface area (Å²) in [4.78, 5) is 46.1. The number of aliphatic carboxylic acids is 1. The normalized spacial score (nSPS) is 14.1. The van der Waals surface area contributed by atoms with Crippen LogP contribution in [-0.4, -0.2) is 59.9 Å². The summed E-state index contributed by atoms with van der Waals surface area (Å²) in [6, 6.07) is -1.53. The van der Waals surface area contributed by atoms with Crippen molar-refractivity contribution in [3.63, 3.8) is 0 Å². The Morgan fingerprint density at radius 1 is 0.533 bits per heavy atom. The van der Waals surface area contributed by atoms with Gasteiger partial charge in [0.2, 0.25) is 0 Å². The van der Waals surface area contributed by atoms with E-state index in [1.807, 2.05) is 0 Å². The first-order chi connectivity index (χ1) is 29.1. The number of hydrogen-bond donors (Lipinski definition) is 3. The molecule has 3 unspecified atom stereocenters. The summed E-state index contributed by atoms with van der Waals surface area (Å²) in [6.07, 6.45) is 48.9. The van der Waals surface area contributed by atoms with Crippen molar-refractivity contribution in [3.05, 3.63) is 48.6 Å². The summed E-state index contributed by atoms with van der Waals surface area (Å²) in [5.41, 5.74) is 5.34. The lowest BCUT2D eigenvalue weighted by Crippen LogP contribution is -2.34. The van der Waals surface area contributed by atoms with E-state index < -0.39 is 51.1 Å². The molecule has 4 N–H and O–H groups in total. The van der Waals surface area contributed by atoms with E-state index in [2.05, 4.69) is 67.0 Å². The van der Waals surface area contributed by atoms with Crippen molar-refractivity contribution in [2.24, 2.45) is 5.73 Å². The summed E-state index contributed by atoms with van der Waals surface area (Å²) in [7, 11) is -4.73. The topological polar surface area (TPSA) is 172 Å². The van der Waals surface area contributed by atoms with Crippen LogP contribution >= 0.6 is 7.82 Å². The van der Waals surface area contributed by atoms with Gasteiger partial charge in [-0.05, 0) is 51.4 Å². The number of rotatable bonds is 44. The Balaban J connectivity index is 4.32. The molecule has 0 amide bonds. The fourth-order valence-electron chi connectivity index (χ4n) is 6.41. The highest BCUT2D eigenvalue weighted by atomic mass is 31.2. The molecule has 0 aromatic carbocycles. The average Bonchev–Trinajstić information content (AvgIpc) is 3.22. The van der Waals surface area contributed by atoms with Gasteiger partial charge in [-0.1, -0.05) is 191 Å². The molecule has 0 rings (SSSR count). The van der Waals surface area contributed by atoms with Crippen LogP contribution in [0.25, 0.3) is 0 Å². The third-order valence-electron chi connectivity index (χ3n) is 10.1. The van der Waals surface area contributed by atoms with E-state index >= 15 is 0 Å². The molecular weight excluding hydrogens is 781 g/mol. The Morgan fingerprint density at radius 3 is 1.40 bits per heavy atom. The third-order valence-corrected chi connectivity index (χ3v) is 11.0. The second-order valence-electron chi connectivity index (χ2n) is 15.9. The Hall–Kier alpha value is -2.56. The molecular formula is C48H86NO10P. The molecule has 0 spiro atoms. The molecule has 60 heavy (non-hydrogen) atoms. The fraction of sp³-hybridized carbons (Fsp3) is 0.771. The molecule has 0 aromatic heterocycles. The van der Waals surface area contributed by atoms with Crippen LogP contribution in [0, 0.1) is 0 Å². The molecule has 0 fully saturated rings. The summed E-state index contributed by atoms with van der Waals surface area (Å²) in [5, 5.41) is 8.90. The molecule has 0 aromatic rings. The first kappa shape index (κ1) is 57.4. The van der Waals surface area contributed by atoms with Crippen LogP contribution in [0.15, 0.2) is 48.6 Å². The van der Waals surface area contributed by atoms with Gasteiger partial charge in [0.25, 0.3) is 0 Å². The van der Waals surface area contributed by atoms with Gasteiger partial charge in [-0.2, -0.15) is 0 Å². The number of unbranched alkanes of at least 4 members (excludes halogenated alkanes) is 22. The third kappa shape index (κ3) is 42.1. The van der Waals surface area contributed by atoms with Crippen LogP contribution < -0.4 is 5.73 Å². The molecule has 0 radical (unpaired) electrons. The number of carbonyl (C=O) groups excluding carboxylic acids is 2. The summed E-state index contributed by atoms with van der Waals surface area (Å²) >= 11 is 0. The van der Waals surface area contributed by atoms with Crippen molar-refractivity contribution >= 4 is 25.7 Å². The van der Waals surface area contributed by atoms with E-state index in [1.165, 1.54) is 96.3 Å². The molecule has 3 atom stereocenters. The lowest BCUT2D eigenvalue weighted by molar-refractivity contribution is -0.161. The molecule has 0 bridgehead atoms. The highest BCUT2D eigenvalue weighted by molar-refractivity contribution is 7.47. The molecule has 0 heterocycles. The van der Waals surface area contributed by atoms with Gasteiger partial charge in [-0.3, -0.25) is 23.4 Å². The van der Waals surface area contributed by atoms with Crippen LogP contribution in [-0.2, 0) is 37.5 Å². The maximum atomic E-state index is 12.6. The second kappa shape index (κ2) is 43.1. The summed E-state index contributed by atoms with van der Waals surface area (Å²) in [5.74, 6) is -2.40. The number of phosphoric acid groups is 1. The Labute approximate surface area is 365 Å². The number of carboxylic acids is 1. The quantitative estimate of drug-likeness (QED) is 0.0230. The molecule has 0 saturated carbocycles. The molecule has 0 saturated heterocycles. The minimum absolute atomic E-state index is 0.133. The minimum Gasteiger partial charge on any atom is -0.480 e. The molecule has 348 valence electrons. The van der Waals surface area contributed by atoms with Crippen LogP contribution in [0.3, 0.4) is 0 Å². The van der Waals surface area contributed by atoms with Gasteiger partial charge in [0, 0.05) is 12.8 Å². The monoisotopic (exact) mass is 868 g/mol. The standard InChI is InChI=1S/C48H86NO10P/c1-3-5-7-9-11-13-15-17-19-21-22-24-25-27-29-31-33-35-37-39-46(50)56-41-44(42-57-60(54,55)58-43-45(49)48(52)53)59-47(51)40-38-36-34-32-30-28-26-23-20-18-16-14-12-10-8-6-4-2/h6,8,12,14,18,20,26,28,44-45H,3-5,7,9-11,13,15-17,19,21-25,27,29-43,49H2,1-2H3,(H,52,53)(H,54,55)/b8-6-,14-12-,20-18-,28-26-. The number of phosphoric ester groups is 1. The molecule has 0 aliphatic heterocycles. The number of nitrogens with two attached hydrogens (primary N) is 1. The lowest BCUT2D eigenvalue weighted by atomic mass is 10.0. The smallest absolute Gasteiger partial charge is 0.472 e. The first-order valence-corrected chi connectivity index (χ1v) is 25.2. The minimum atomic E-state index is -4.73. The number of carbonyl (C=O) groups is 3. The van der Waals surface area contributed by atoms with Crippen LogP contribution in [0.1, 0.15) is 206 Å². The largest absolute Gasteiger partial charge is 0.480 e. The van der Waals surface area contributed by atoms with Crippen molar-refractivity contribution in [1.29, 1.82) is 0 Å². The van der Waals surface area contributed by atoms with E-state index in [9.17, 15) is 23.8 Å². The van der Waals surface area contributed by atoms with Crippen molar-refractivity contribution in [1.82, 2.24) is 0 Å². The molecule has 0 aliphatic carbocycles. The molecule has 11 nitrogen and oxygen atoms in total. The maximum Gasteiger partial charge on any atom is 0.472 e. The van der Waals surface area contributed by atoms with Crippen LogP contribution in [0.4, 0.5) is 0 Å². The van der Waals surface area contributed by atoms with E-state index in [0.29, 0.717) is 12.8 Å². The van der Waals surface area contributed by atoms with Crippen molar-refractivity contribution in [2.45, 2.75) is 219 Å². The van der Waals surface area contributed by atoms with Gasteiger partial charge in [-0.15, -0.1) is 0 Å². The SMILES string of the molecule is CC/C=C\C/C=C\C/C=C\C/C=C\CCCCCCC(=O)OC(COC(=O)CCCCCCCCCCCCCCCCCCCCC)COP(=O)(O)OCC(N)C(=O)O. The van der Waals surface area contributed by atoms with Gasteiger partial charge in [-0.25, -0.2) is 4.57 Å². The Kier molecular flexibility index (Phi) is 41.3.